The van der Waals surface area contributed by atoms with E-state index in [1.165, 1.54) is 12.1 Å². The molecule has 1 N–H and O–H groups in total. The number of nitrogens with zero attached hydrogens (tertiary/aromatic N) is 5. The molecule has 0 radical (unpaired) electrons. The normalized spacial score (nSPS) is 19.7. The SMILES string of the molecule is Fc1ccc(N2CCN(c3ccc(-c4noc(C5CCNC5)n4)cn3)CC2)cc1. The smallest absolute Gasteiger partial charge is 0.231 e. The second-order valence-corrected chi connectivity index (χ2v) is 7.50. The molecule has 5 rings (SSSR count). The van der Waals surface area contributed by atoms with E-state index in [4.69, 9.17) is 4.52 Å². The summed E-state index contributed by atoms with van der Waals surface area (Å²) in [4.78, 5) is 13.7. The lowest BCUT2D eigenvalue weighted by Crippen LogP contribution is -2.46. The molecule has 2 aromatic heterocycles. The Kier molecular flexibility index (Phi) is 4.85. The first-order valence-corrected chi connectivity index (χ1v) is 10.0. The second kappa shape index (κ2) is 7.79. The van der Waals surface area contributed by atoms with Crippen LogP contribution in [0, 0.1) is 5.82 Å². The van der Waals surface area contributed by atoms with Gasteiger partial charge in [0.05, 0.1) is 5.92 Å². The fourth-order valence-corrected chi connectivity index (χ4v) is 3.93. The van der Waals surface area contributed by atoms with E-state index in [1.807, 2.05) is 30.5 Å². The second-order valence-electron chi connectivity index (χ2n) is 7.50. The number of rotatable bonds is 4. The lowest BCUT2D eigenvalue weighted by molar-refractivity contribution is 0.359. The van der Waals surface area contributed by atoms with Crippen LogP contribution in [0.4, 0.5) is 15.9 Å². The fourth-order valence-electron chi connectivity index (χ4n) is 3.93. The molecule has 0 bridgehead atoms. The first-order chi connectivity index (χ1) is 14.3. The van der Waals surface area contributed by atoms with Crippen LogP contribution in [0.5, 0.6) is 0 Å². The number of aromatic nitrogens is 3. The highest BCUT2D eigenvalue weighted by atomic mass is 19.1. The average molecular weight is 394 g/mol. The van der Waals surface area contributed by atoms with Crippen LogP contribution in [-0.4, -0.2) is 54.4 Å². The van der Waals surface area contributed by atoms with Crippen LogP contribution in [-0.2, 0) is 0 Å². The Morgan fingerprint density at radius 1 is 1.00 bits per heavy atom. The van der Waals surface area contributed by atoms with Gasteiger partial charge in [0, 0.05) is 50.2 Å². The van der Waals surface area contributed by atoms with Gasteiger partial charge in [-0.15, -0.1) is 0 Å². The van der Waals surface area contributed by atoms with Gasteiger partial charge < -0.3 is 19.6 Å². The predicted molar refractivity (Wildman–Crippen MR) is 109 cm³/mol. The van der Waals surface area contributed by atoms with Gasteiger partial charge in [-0.2, -0.15) is 4.98 Å². The summed E-state index contributed by atoms with van der Waals surface area (Å²) >= 11 is 0. The van der Waals surface area contributed by atoms with Crippen LogP contribution < -0.4 is 15.1 Å². The number of benzene rings is 1. The third kappa shape index (κ3) is 3.80. The monoisotopic (exact) mass is 394 g/mol. The summed E-state index contributed by atoms with van der Waals surface area (Å²) in [5.74, 6) is 2.33. The predicted octanol–water partition coefficient (Wildman–Crippen LogP) is 2.67. The summed E-state index contributed by atoms with van der Waals surface area (Å²) in [6.07, 6.45) is 2.84. The van der Waals surface area contributed by atoms with Crippen molar-refractivity contribution in [1.29, 1.82) is 0 Å². The van der Waals surface area contributed by atoms with Crippen molar-refractivity contribution in [3.8, 4) is 11.4 Å². The Labute approximate surface area is 168 Å². The van der Waals surface area contributed by atoms with Crippen molar-refractivity contribution in [2.24, 2.45) is 0 Å². The van der Waals surface area contributed by atoms with Gasteiger partial charge in [-0.1, -0.05) is 5.16 Å². The Bertz CT molecular complexity index is 944. The van der Waals surface area contributed by atoms with Crippen molar-refractivity contribution in [3.63, 3.8) is 0 Å². The molecule has 1 atom stereocenters. The number of hydrogen-bond donors (Lipinski definition) is 1. The molecule has 1 aromatic carbocycles. The molecule has 8 heteroatoms. The van der Waals surface area contributed by atoms with Gasteiger partial charge in [0.15, 0.2) is 0 Å². The van der Waals surface area contributed by atoms with E-state index in [0.29, 0.717) is 17.6 Å². The largest absolute Gasteiger partial charge is 0.368 e. The molecule has 0 amide bonds. The van der Waals surface area contributed by atoms with Gasteiger partial charge in [-0.05, 0) is 49.4 Å². The number of piperazine rings is 1. The van der Waals surface area contributed by atoms with Crippen molar-refractivity contribution in [2.45, 2.75) is 12.3 Å². The zero-order chi connectivity index (χ0) is 19.6. The van der Waals surface area contributed by atoms with Crippen molar-refractivity contribution in [1.82, 2.24) is 20.4 Å². The summed E-state index contributed by atoms with van der Waals surface area (Å²) in [6, 6.07) is 10.7. The minimum Gasteiger partial charge on any atom is -0.368 e. The van der Waals surface area contributed by atoms with E-state index in [2.05, 4.69) is 30.2 Å². The molecular weight excluding hydrogens is 371 g/mol. The summed E-state index contributed by atoms with van der Waals surface area (Å²) in [6.45, 7) is 5.36. The van der Waals surface area contributed by atoms with Crippen LogP contribution >= 0.6 is 0 Å². The highest BCUT2D eigenvalue weighted by molar-refractivity contribution is 5.56. The molecule has 29 heavy (non-hydrogen) atoms. The fraction of sp³-hybridized carbons (Fsp3) is 0.381. The first-order valence-electron chi connectivity index (χ1n) is 10.0. The minimum atomic E-state index is -0.203. The third-order valence-corrected chi connectivity index (χ3v) is 5.65. The molecule has 2 aliphatic rings. The molecule has 3 aromatic rings. The summed E-state index contributed by atoms with van der Waals surface area (Å²) < 4.78 is 18.6. The van der Waals surface area contributed by atoms with Crippen LogP contribution in [0.25, 0.3) is 11.4 Å². The third-order valence-electron chi connectivity index (χ3n) is 5.65. The zero-order valence-corrected chi connectivity index (χ0v) is 16.1. The summed E-state index contributed by atoms with van der Waals surface area (Å²) in [7, 11) is 0. The zero-order valence-electron chi connectivity index (χ0n) is 16.1. The topological polar surface area (TPSA) is 70.3 Å². The van der Waals surface area contributed by atoms with E-state index in [9.17, 15) is 4.39 Å². The van der Waals surface area contributed by atoms with E-state index in [1.54, 1.807) is 0 Å². The van der Waals surface area contributed by atoms with Crippen molar-refractivity contribution in [3.05, 3.63) is 54.3 Å². The summed E-state index contributed by atoms with van der Waals surface area (Å²) in [5.41, 5.74) is 1.92. The molecule has 7 nitrogen and oxygen atoms in total. The molecule has 0 saturated carbocycles. The molecule has 0 spiro atoms. The Balaban J connectivity index is 1.22. The Morgan fingerprint density at radius 3 is 2.48 bits per heavy atom. The average Bonchev–Trinajstić information content (AvgIpc) is 3.47. The first kappa shape index (κ1) is 18.1. The van der Waals surface area contributed by atoms with Crippen LogP contribution in [0.15, 0.2) is 47.1 Å². The lowest BCUT2D eigenvalue weighted by Gasteiger charge is -2.36. The van der Waals surface area contributed by atoms with Crippen LogP contribution in [0.1, 0.15) is 18.2 Å². The van der Waals surface area contributed by atoms with Gasteiger partial charge in [-0.3, -0.25) is 0 Å². The van der Waals surface area contributed by atoms with Crippen LogP contribution in [0.2, 0.25) is 0 Å². The van der Waals surface area contributed by atoms with Crippen molar-refractivity contribution >= 4 is 11.5 Å². The lowest BCUT2D eigenvalue weighted by atomic mass is 10.1. The molecule has 2 fully saturated rings. The highest BCUT2D eigenvalue weighted by Gasteiger charge is 2.23. The van der Waals surface area contributed by atoms with Crippen LogP contribution in [0.3, 0.4) is 0 Å². The quantitative estimate of drug-likeness (QED) is 0.730. The molecule has 150 valence electrons. The molecule has 0 aliphatic carbocycles. The van der Waals surface area contributed by atoms with Crippen molar-refractivity contribution < 1.29 is 8.91 Å². The Hall–Kier alpha value is -3.00. The molecule has 2 saturated heterocycles. The maximum Gasteiger partial charge on any atom is 0.231 e. The van der Waals surface area contributed by atoms with E-state index in [0.717, 1.165) is 62.8 Å². The number of pyridine rings is 1. The van der Waals surface area contributed by atoms with E-state index in [-0.39, 0.29) is 5.82 Å². The van der Waals surface area contributed by atoms with Gasteiger partial charge in [0.1, 0.15) is 11.6 Å². The molecule has 2 aliphatic heterocycles. The summed E-state index contributed by atoms with van der Waals surface area (Å²) in [5, 5.41) is 7.44. The van der Waals surface area contributed by atoms with E-state index < -0.39 is 0 Å². The number of hydrogen-bond acceptors (Lipinski definition) is 7. The van der Waals surface area contributed by atoms with Gasteiger partial charge in [0.25, 0.3) is 0 Å². The number of halogens is 1. The standard InChI is InChI=1S/C21H23FN6O/c22-17-2-4-18(5-3-17)27-9-11-28(12-10-27)19-6-1-15(14-24-19)20-25-21(29-26-20)16-7-8-23-13-16/h1-6,14,16,23H,7-13H2. The van der Waals surface area contributed by atoms with Crippen molar-refractivity contribution in [2.75, 3.05) is 49.1 Å². The van der Waals surface area contributed by atoms with Gasteiger partial charge >= 0.3 is 0 Å². The molecule has 1 unspecified atom stereocenters. The minimum absolute atomic E-state index is 0.203. The molecular formula is C21H23FN6O. The number of anilines is 2. The molecule has 4 heterocycles. The maximum atomic E-state index is 13.1. The van der Waals surface area contributed by atoms with E-state index >= 15 is 0 Å². The Morgan fingerprint density at radius 2 is 1.79 bits per heavy atom. The number of nitrogens with one attached hydrogen (secondary N) is 1. The maximum absolute atomic E-state index is 13.1. The van der Waals surface area contributed by atoms with Gasteiger partial charge in [-0.25, -0.2) is 9.37 Å². The van der Waals surface area contributed by atoms with Gasteiger partial charge in [0.2, 0.25) is 11.7 Å². The highest BCUT2D eigenvalue weighted by Crippen LogP contribution is 2.25.